The highest BCUT2D eigenvalue weighted by Gasteiger charge is 2.43. The molecule has 0 fully saturated rings. The van der Waals surface area contributed by atoms with Crippen LogP contribution in [0.2, 0.25) is 0 Å². The average Bonchev–Trinajstić information content (AvgIpc) is 2.13. The van der Waals surface area contributed by atoms with E-state index in [0.717, 1.165) is 6.42 Å². The summed E-state index contributed by atoms with van der Waals surface area (Å²) in [4.78, 5) is 11.4. The molecule has 1 N–H and O–H groups in total. The van der Waals surface area contributed by atoms with Gasteiger partial charge in [-0.1, -0.05) is 41.0 Å². The van der Waals surface area contributed by atoms with Crippen LogP contribution < -0.4 is 0 Å². The van der Waals surface area contributed by atoms with Gasteiger partial charge in [-0.05, 0) is 24.7 Å². The fourth-order valence-corrected chi connectivity index (χ4v) is 1.97. The van der Waals surface area contributed by atoms with Crippen molar-refractivity contribution in [2.45, 2.75) is 48.0 Å². The lowest BCUT2D eigenvalue weighted by molar-refractivity contribution is -0.156. The second-order valence-corrected chi connectivity index (χ2v) is 4.93. The van der Waals surface area contributed by atoms with Gasteiger partial charge in [0.25, 0.3) is 0 Å². The summed E-state index contributed by atoms with van der Waals surface area (Å²) in [6.07, 6.45) is 0.917. The molecule has 0 aliphatic carbocycles. The Morgan fingerprint density at radius 1 is 1.29 bits per heavy atom. The molecule has 2 nitrogen and oxygen atoms in total. The van der Waals surface area contributed by atoms with Crippen molar-refractivity contribution < 1.29 is 9.90 Å². The third-order valence-electron chi connectivity index (χ3n) is 4.04. The third kappa shape index (κ3) is 2.28. The van der Waals surface area contributed by atoms with E-state index in [1.165, 1.54) is 0 Å². The van der Waals surface area contributed by atoms with E-state index >= 15 is 0 Å². The molecule has 14 heavy (non-hydrogen) atoms. The van der Waals surface area contributed by atoms with E-state index in [0.29, 0.717) is 5.92 Å². The molecule has 0 aromatic carbocycles. The lowest BCUT2D eigenvalue weighted by atomic mass is 9.65. The Morgan fingerprint density at radius 3 is 1.93 bits per heavy atom. The van der Waals surface area contributed by atoms with Crippen LogP contribution >= 0.6 is 0 Å². The predicted molar refractivity (Wildman–Crippen MR) is 59.2 cm³/mol. The summed E-state index contributed by atoms with van der Waals surface area (Å²) >= 11 is 0. The number of carbonyl (C=O) groups is 1. The minimum Gasteiger partial charge on any atom is -0.481 e. The quantitative estimate of drug-likeness (QED) is 0.738. The van der Waals surface area contributed by atoms with Crippen molar-refractivity contribution in [2.24, 2.45) is 23.2 Å². The van der Waals surface area contributed by atoms with E-state index in [-0.39, 0.29) is 11.8 Å². The minimum absolute atomic E-state index is 0.204. The van der Waals surface area contributed by atoms with Crippen molar-refractivity contribution in [1.29, 1.82) is 0 Å². The molecule has 0 saturated carbocycles. The minimum atomic E-state index is -0.659. The normalized spacial score (nSPS) is 20.2. The van der Waals surface area contributed by atoms with Crippen molar-refractivity contribution in [3.63, 3.8) is 0 Å². The highest BCUT2D eigenvalue weighted by atomic mass is 16.4. The van der Waals surface area contributed by atoms with Crippen LogP contribution in [0.15, 0.2) is 0 Å². The van der Waals surface area contributed by atoms with E-state index in [2.05, 4.69) is 20.8 Å². The molecule has 0 spiro atoms. The standard InChI is InChI=1S/C12H24O2/c1-7-9(4)12(6,11(13)14)10(5)8(2)3/h8-10H,7H2,1-6H3,(H,13,14). The summed E-state index contributed by atoms with van der Waals surface area (Å²) in [5.41, 5.74) is -0.594. The molecular formula is C12H24O2. The van der Waals surface area contributed by atoms with Crippen LogP contribution in [-0.2, 0) is 4.79 Å². The van der Waals surface area contributed by atoms with E-state index in [4.69, 9.17) is 0 Å². The first-order valence-corrected chi connectivity index (χ1v) is 5.51. The summed E-state index contributed by atoms with van der Waals surface area (Å²) in [7, 11) is 0. The van der Waals surface area contributed by atoms with Gasteiger partial charge in [0.15, 0.2) is 0 Å². The number of hydrogen-bond acceptors (Lipinski definition) is 1. The van der Waals surface area contributed by atoms with Crippen LogP contribution in [0.4, 0.5) is 0 Å². The second-order valence-electron chi connectivity index (χ2n) is 4.93. The van der Waals surface area contributed by atoms with Gasteiger partial charge < -0.3 is 5.11 Å². The monoisotopic (exact) mass is 200 g/mol. The molecule has 84 valence electrons. The molecule has 0 saturated heterocycles. The zero-order valence-electron chi connectivity index (χ0n) is 10.3. The van der Waals surface area contributed by atoms with Crippen molar-refractivity contribution in [3.8, 4) is 0 Å². The lowest BCUT2D eigenvalue weighted by Gasteiger charge is -2.38. The van der Waals surface area contributed by atoms with Crippen LogP contribution in [0.3, 0.4) is 0 Å². The largest absolute Gasteiger partial charge is 0.481 e. The van der Waals surface area contributed by atoms with Crippen LogP contribution in [-0.4, -0.2) is 11.1 Å². The Morgan fingerprint density at radius 2 is 1.71 bits per heavy atom. The zero-order chi connectivity index (χ0) is 11.5. The fraction of sp³-hybridized carbons (Fsp3) is 0.917. The maximum absolute atomic E-state index is 11.4. The number of carboxylic acids is 1. The second kappa shape index (κ2) is 4.81. The SMILES string of the molecule is CCC(C)C(C)(C(=O)O)C(C)C(C)C. The first kappa shape index (κ1) is 13.5. The maximum Gasteiger partial charge on any atom is 0.309 e. The Labute approximate surface area is 87.7 Å². The van der Waals surface area contributed by atoms with E-state index in [9.17, 15) is 9.90 Å². The van der Waals surface area contributed by atoms with Gasteiger partial charge in [-0.2, -0.15) is 0 Å². The number of rotatable bonds is 5. The van der Waals surface area contributed by atoms with Crippen LogP contribution in [0.1, 0.15) is 48.0 Å². The third-order valence-corrected chi connectivity index (χ3v) is 4.04. The van der Waals surface area contributed by atoms with Gasteiger partial charge in [0.1, 0.15) is 0 Å². The number of carboxylic acid groups (broad SMARTS) is 1. The van der Waals surface area contributed by atoms with Crippen molar-refractivity contribution in [1.82, 2.24) is 0 Å². The first-order chi connectivity index (χ1) is 6.28. The summed E-state index contributed by atoms with van der Waals surface area (Å²) in [5.74, 6) is 0.172. The van der Waals surface area contributed by atoms with Gasteiger partial charge in [0, 0.05) is 0 Å². The van der Waals surface area contributed by atoms with Gasteiger partial charge in [0.05, 0.1) is 5.41 Å². The molecular weight excluding hydrogens is 176 g/mol. The van der Waals surface area contributed by atoms with Crippen molar-refractivity contribution in [2.75, 3.05) is 0 Å². The summed E-state index contributed by atoms with van der Waals surface area (Å²) in [6.45, 7) is 12.2. The summed E-state index contributed by atoms with van der Waals surface area (Å²) < 4.78 is 0. The van der Waals surface area contributed by atoms with E-state index < -0.39 is 11.4 Å². The highest BCUT2D eigenvalue weighted by molar-refractivity contribution is 5.75. The molecule has 0 heterocycles. The van der Waals surface area contributed by atoms with Gasteiger partial charge in [-0.15, -0.1) is 0 Å². The molecule has 0 radical (unpaired) electrons. The molecule has 0 rings (SSSR count). The highest BCUT2D eigenvalue weighted by Crippen LogP contribution is 2.41. The van der Waals surface area contributed by atoms with Gasteiger partial charge in [-0.25, -0.2) is 0 Å². The average molecular weight is 200 g/mol. The van der Waals surface area contributed by atoms with Gasteiger partial charge >= 0.3 is 5.97 Å². The van der Waals surface area contributed by atoms with Gasteiger partial charge in [-0.3, -0.25) is 4.79 Å². The zero-order valence-corrected chi connectivity index (χ0v) is 10.3. The lowest BCUT2D eigenvalue weighted by Crippen LogP contribution is -2.42. The molecule has 3 unspecified atom stereocenters. The molecule has 0 aromatic heterocycles. The van der Waals surface area contributed by atoms with Gasteiger partial charge in [0.2, 0.25) is 0 Å². The molecule has 0 aliphatic rings. The first-order valence-electron chi connectivity index (χ1n) is 5.51. The molecule has 3 atom stereocenters. The summed E-state index contributed by atoms with van der Waals surface area (Å²) in [5, 5.41) is 9.35. The Balaban J connectivity index is 4.99. The molecule has 0 aromatic rings. The van der Waals surface area contributed by atoms with Crippen LogP contribution in [0.25, 0.3) is 0 Å². The Kier molecular flexibility index (Phi) is 4.63. The Bertz CT molecular complexity index is 198. The molecule has 2 heteroatoms. The van der Waals surface area contributed by atoms with E-state index in [1.54, 1.807) is 0 Å². The number of aliphatic carboxylic acids is 1. The molecule has 0 aliphatic heterocycles. The van der Waals surface area contributed by atoms with E-state index in [1.807, 2.05) is 20.8 Å². The van der Waals surface area contributed by atoms with Crippen molar-refractivity contribution >= 4 is 5.97 Å². The topological polar surface area (TPSA) is 37.3 Å². The predicted octanol–water partition coefficient (Wildman–Crippen LogP) is 3.42. The molecule has 0 bridgehead atoms. The number of hydrogen-bond donors (Lipinski definition) is 1. The van der Waals surface area contributed by atoms with Crippen LogP contribution in [0.5, 0.6) is 0 Å². The van der Waals surface area contributed by atoms with Crippen molar-refractivity contribution in [3.05, 3.63) is 0 Å². The Hall–Kier alpha value is -0.530. The maximum atomic E-state index is 11.4. The summed E-state index contributed by atoms with van der Waals surface area (Å²) in [6, 6.07) is 0. The fourth-order valence-electron chi connectivity index (χ4n) is 1.97. The smallest absolute Gasteiger partial charge is 0.309 e. The molecule has 0 amide bonds. The van der Waals surface area contributed by atoms with Crippen LogP contribution in [0, 0.1) is 23.2 Å².